The fraction of sp³-hybridized carbons (Fsp3) is 0.647. The van der Waals surface area contributed by atoms with Crippen molar-refractivity contribution in [1.29, 1.82) is 0 Å². The molecule has 1 N–H and O–H groups in total. The van der Waals surface area contributed by atoms with Gasteiger partial charge in [0.2, 0.25) is 0 Å². The van der Waals surface area contributed by atoms with E-state index in [1.165, 1.54) is 12.1 Å². The Hall–Kier alpha value is -1.05. The summed E-state index contributed by atoms with van der Waals surface area (Å²) in [6, 6.07) is 6.10. The second kappa shape index (κ2) is 8.56. The Morgan fingerprint density at radius 1 is 1.04 bits per heavy atom. The first-order valence-electron chi connectivity index (χ1n) is 8.01. The molecule has 1 heterocycles. The molecule has 1 fully saturated rings. The number of halogens is 5. The molecule has 1 aromatic rings. The lowest BCUT2D eigenvalue weighted by Gasteiger charge is -2.42. The van der Waals surface area contributed by atoms with Crippen LogP contribution in [0.4, 0.5) is 17.6 Å². The number of nitrogens with one attached hydrogen (secondary N) is 1. The molecule has 1 saturated heterocycles. The molecule has 0 saturated carbocycles. The molecule has 1 atom stereocenters. The lowest BCUT2D eigenvalue weighted by Crippen LogP contribution is -2.48. The Morgan fingerprint density at radius 3 is 2.00 bits per heavy atom. The summed E-state index contributed by atoms with van der Waals surface area (Å²) in [5, 5.41) is 3.30. The maximum atomic E-state index is 13.0. The molecule has 0 radical (unpaired) electrons. The average Bonchev–Trinajstić information content (AvgIpc) is 2.48. The Kier molecular flexibility index (Phi) is 7.53. The Balaban J connectivity index is 0.00000312. The van der Waals surface area contributed by atoms with E-state index in [2.05, 4.69) is 35.7 Å². The smallest absolute Gasteiger partial charge is 0.428 e. The number of hydrogen-bond donors (Lipinski definition) is 1. The van der Waals surface area contributed by atoms with Gasteiger partial charge in [-0.3, -0.25) is 4.90 Å². The van der Waals surface area contributed by atoms with Crippen LogP contribution in [0, 0.1) is 5.41 Å². The van der Waals surface area contributed by atoms with E-state index in [4.69, 9.17) is 0 Å². The topological polar surface area (TPSA) is 24.5 Å². The summed E-state index contributed by atoms with van der Waals surface area (Å²) in [5.74, 6) is -0.267. The molecule has 25 heavy (non-hydrogen) atoms. The van der Waals surface area contributed by atoms with E-state index in [0.717, 1.165) is 31.7 Å². The maximum Gasteiger partial charge on any atom is 0.461 e. The van der Waals surface area contributed by atoms with Gasteiger partial charge in [-0.05, 0) is 23.1 Å². The predicted octanol–water partition coefficient (Wildman–Crippen LogP) is 4.34. The van der Waals surface area contributed by atoms with E-state index < -0.39 is 12.5 Å². The minimum absolute atomic E-state index is 0. The van der Waals surface area contributed by atoms with Crippen LogP contribution < -0.4 is 10.1 Å². The lowest BCUT2D eigenvalue weighted by molar-refractivity contribution is -0.253. The van der Waals surface area contributed by atoms with Crippen molar-refractivity contribution in [3.8, 4) is 5.75 Å². The molecule has 0 spiro atoms. The quantitative estimate of drug-likeness (QED) is 0.764. The number of nitrogens with zero attached hydrogens (tertiary/aromatic N) is 1. The van der Waals surface area contributed by atoms with E-state index >= 15 is 0 Å². The minimum Gasteiger partial charge on any atom is -0.428 e. The molecule has 144 valence electrons. The first kappa shape index (κ1) is 22.0. The Bertz CT molecular complexity index is 528. The van der Waals surface area contributed by atoms with Crippen LogP contribution in [0.5, 0.6) is 5.75 Å². The highest BCUT2D eigenvalue weighted by Crippen LogP contribution is 2.39. The zero-order valence-electron chi connectivity index (χ0n) is 14.6. The third-order valence-corrected chi connectivity index (χ3v) is 4.04. The van der Waals surface area contributed by atoms with Gasteiger partial charge in [0.05, 0.1) is 0 Å². The third kappa shape index (κ3) is 5.72. The van der Waals surface area contributed by atoms with Gasteiger partial charge in [0.25, 0.3) is 0 Å². The van der Waals surface area contributed by atoms with E-state index in [9.17, 15) is 17.6 Å². The summed E-state index contributed by atoms with van der Waals surface area (Å²) in [4.78, 5) is 2.35. The largest absolute Gasteiger partial charge is 0.461 e. The second-order valence-corrected chi connectivity index (χ2v) is 7.09. The molecule has 8 heteroatoms. The molecule has 3 nitrogen and oxygen atoms in total. The van der Waals surface area contributed by atoms with Crippen molar-refractivity contribution < 1.29 is 22.3 Å². The highest BCUT2D eigenvalue weighted by atomic mass is 35.5. The SMILES string of the molecule is CC(C)(C)[C@H](c1ccc(OC(F)(F)C(F)F)cc1)N1CCNCC1.Cl. The Morgan fingerprint density at radius 2 is 1.56 bits per heavy atom. The van der Waals surface area contributed by atoms with E-state index in [1.54, 1.807) is 12.1 Å². The van der Waals surface area contributed by atoms with Crippen LogP contribution in [0.15, 0.2) is 24.3 Å². The van der Waals surface area contributed by atoms with Gasteiger partial charge in [0, 0.05) is 32.2 Å². The molecule has 1 aliphatic rings. The Labute approximate surface area is 152 Å². The van der Waals surface area contributed by atoms with Gasteiger partial charge in [0.15, 0.2) is 0 Å². The van der Waals surface area contributed by atoms with Crippen molar-refractivity contribution in [2.24, 2.45) is 5.41 Å². The number of benzene rings is 1. The molecule has 0 bridgehead atoms. The van der Waals surface area contributed by atoms with E-state index in [0.29, 0.717) is 0 Å². The van der Waals surface area contributed by atoms with Crippen molar-refractivity contribution >= 4 is 12.4 Å². The molecule has 2 rings (SSSR count). The van der Waals surface area contributed by atoms with Gasteiger partial charge in [-0.1, -0.05) is 32.9 Å². The van der Waals surface area contributed by atoms with Gasteiger partial charge < -0.3 is 10.1 Å². The van der Waals surface area contributed by atoms with Crippen molar-refractivity contribution in [3.05, 3.63) is 29.8 Å². The minimum atomic E-state index is -4.48. The van der Waals surface area contributed by atoms with E-state index in [1.807, 2.05) is 0 Å². The third-order valence-electron chi connectivity index (χ3n) is 4.04. The summed E-state index contributed by atoms with van der Waals surface area (Å²) >= 11 is 0. The lowest BCUT2D eigenvalue weighted by atomic mass is 9.81. The zero-order chi connectivity index (χ0) is 18.0. The van der Waals surface area contributed by atoms with Crippen molar-refractivity contribution in [2.75, 3.05) is 26.2 Å². The number of alkyl halides is 4. The number of piperazine rings is 1. The summed E-state index contributed by atoms with van der Waals surface area (Å²) in [6.07, 6.45) is -8.34. The molecule has 1 aromatic carbocycles. The standard InChI is InChI=1S/C17H24F4N2O.ClH/c1-16(2,3)14(23-10-8-22-9-11-23)12-4-6-13(7-5-12)24-17(20,21)15(18)19;/h4-7,14-15,22H,8-11H2,1-3H3;1H/t14-;/m0./s1. The van der Waals surface area contributed by atoms with Gasteiger partial charge in [0.1, 0.15) is 5.75 Å². The van der Waals surface area contributed by atoms with Crippen molar-refractivity contribution in [1.82, 2.24) is 10.2 Å². The maximum absolute atomic E-state index is 13.0. The summed E-state index contributed by atoms with van der Waals surface area (Å²) in [5.41, 5.74) is 0.893. The molecular weight excluding hydrogens is 360 g/mol. The van der Waals surface area contributed by atoms with Crippen LogP contribution in [0.3, 0.4) is 0 Å². The van der Waals surface area contributed by atoms with Gasteiger partial charge >= 0.3 is 12.5 Å². The molecule has 0 unspecified atom stereocenters. The summed E-state index contributed by atoms with van der Waals surface area (Å²) in [7, 11) is 0. The van der Waals surface area contributed by atoms with Crippen LogP contribution in [0.2, 0.25) is 0 Å². The van der Waals surface area contributed by atoms with Crippen LogP contribution in [-0.2, 0) is 0 Å². The fourth-order valence-corrected chi connectivity index (χ4v) is 3.12. The molecular formula is C17H25ClF4N2O. The monoisotopic (exact) mass is 384 g/mol. The van der Waals surface area contributed by atoms with E-state index in [-0.39, 0.29) is 29.6 Å². The zero-order valence-corrected chi connectivity index (χ0v) is 15.4. The van der Waals surface area contributed by atoms with Crippen molar-refractivity contribution in [2.45, 2.75) is 39.3 Å². The molecule has 0 aromatic heterocycles. The van der Waals surface area contributed by atoms with Crippen molar-refractivity contribution in [3.63, 3.8) is 0 Å². The van der Waals surface area contributed by atoms with Gasteiger partial charge in [-0.2, -0.15) is 17.6 Å². The van der Waals surface area contributed by atoms with Crippen LogP contribution in [0.1, 0.15) is 32.4 Å². The van der Waals surface area contributed by atoms with Crippen LogP contribution in [0.25, 0.3) is 0 Å². The first-order valence-corrected chi connectivity index (χ1v) is 8.01. The molecule has 0 aliphatic carbocycles. The van der Waals surface area contributed by atoms with Crippen LogP contribution in [-0.4, -0.2) is 43.6 Å². The first-order chi connectivity index (χ1) is 11.1. The summed E-state index contributed by atoms with van der Waals surface area (Å²) < 4.78 is 54.5. The number of ether oxygens (including phenoxy) is 1. The number of rotatable bonds is 5. The van der Waals surface area contributed by atoms with Gasteiger partial charge in [-0.15, -0.1) is 12.4 Å². The van der Waals surface area contributed by atoms with Gasteiger partial charge in [-0.25, -0.2) is 0 Å². The highest BCUT2D eigenvalue weighted by molar-refractivity contribution is 5.85. The average molecular weight is 385 g/mol. The van der Waals surface area contributed by atoms with Crippen LogP contribution >= 0.6 is 12.4 Å². The highest BCUT2D eigenvalue weighted by Gasteiger charge is 2.44. The second-order valence-electron chi connectivity index (χ2n) is 7.09. The number of hydrogen-bond acceptors (Lipinski definition) is 3. The normalized spacial score (nSPS) is 17.9. The predicted molar refractivity (Wildman–Crippen MR) is 91.9 cm³/mol. The fourth-order valence-electron chi connectivity index (χ4n) is 3.12. The summed E-state index contributed by atoms with van der Waals surface area (Å²) in [6.45, 7) is 9.94. The molecule has 1 aliphatic heterocycles. The molecule has 0 amide bonds.